The molecule has 0 spiro atoms. The van der Waals surface area contributed by atoms with Gasteiger partial charge in [0.25, 0.3) is 0 Å². The number of thioether (sulfide) groups is 1. The number of fused-ring (bicyclic) bond motifs is 1. The van der Waals surface area contributed by atoms with E-state index >= 15 is 0 Å². The van der Waals surface area contributed by atoms with E-state index in [1.165, 1.54) is 22.5 Å². The Bertz CT molecular complexity index is 966. The van der Waals surface area contributed by atoms with Gasteiger partial charge in [0.1, 0.15) is 10.9 Å². The van der Waals surface area contributed by atoms with Crippen molar-refractivity contribution in [2.75, 3.05) is 31.9 Å². The molecule has 29 heavy (non-hydrogen) atoms. The van der Waals surface area contributed by atoms with Crippen molar-refractivity contribution in [3.8, 4) is 0 Å². The van der Waals surface area contributed by atoms with Gasteiger partial charge in [-0.05, 0) is 31.5 Å². The Morgan fingerprint density at radius 2 is 1.90 bits per heavy atom. The van der Waals surface area contributed by atoms with Crippen molar-refractivity contribution in [2.45, 2.75) is 35.6 Å². The fourth-order valence-corrected chi connectivity index (χ4v) is 7.76. The normalized spacial score (nSPS) is 28.1. The van der Waals surface area contributed by atoms with Crippen LogP contribution in [0.1, 0.15) is 19.8 Å². The zero-order valence-electron chi connectivity index (χ0n) is 15.8. The van der Waals surface area contributed by atoms with Gasteiger partial charge in [-0.25, -0.2) is 8.42 Å². The molecule has 4 rings (SSSR count). The first-order chi connectivity index (χ1) is 13.6. The second-order valence-corrected chi connectivity index (χ2v) is 11.8. The SMILES string of the molecule is CC12CCC(=O)N1C(C(=O)N1CCN(S(=O)(=O)c3cc(Cl)ccc3Cl)CC1)CS2. The number of nitrogens with zero attached hydrogens (tertiary/aromatic N) is 3. The van der Waals surface area contributed by atoms with Crippen LogP contribution in [-0.4, -0.2) is 77.2 Å². The van der Waals surface area contributed by atoms with Crippen molar-refractivity contribution < 1.29 is 18.0 Å². The summed E-state index contributed by atoms with van der Waals surface area (Å²) < 4.78 is 27.2. The molecule has 3 saturated heterocycles. The standard InChI is InChI=1S/C18H21Cl2N3O4S2/c1-18-5-4-16(24)23(18)14(11-28-18)17(25)21-6-8-22(9-7-21)29(26,27)15-10-12(19)2-3-13(15)20/h2-3,10,14H,4-9,11H2,1H3. The number of sulfonamides is 1. The molecule has 3 fully saturated rings. The van der Waals surface area contributed by atoms with E-state index in [1.54, 1.807) is 21.6 Å². The topological polar surface area (TPSA) is 78.0 Å². The van der Waals surface area contributed by atoms with Gasteiger partial charge in [-0.3, -0.25) is 9.59 Å². The van der Waals surface area contributed by atoms with Crippen LogP contribution < -0.4 is 0 Å². The van der Waals surface area contributed by atoms with Crippen LogP contribution in [0.15, 0.2) is 23.1 Å². The zero-order valence-corrected chi connectivity index (χ0v) is 19.0. The van der Waals surface area contributed by atoms with Gasteiger partial charge in [0.2, 0.25) is 21.8 Å². The fraction of sp³-hybridized carbons (Fsp3) is 0.556. The lowest BCUT2D eigenvalue weighted by molar-refractivity contribution is -0.144. The Hall–Kier alpha value is -1.000. The van der Waals surface area contributed by atoms with E-state index in [4.69, 9.17) is 23.2 Å². The van der Waals surface area contributed by atoms with Gasteiger partial charge in [0.15, 0.2) is 0 Å². The van der Waals surface area contributed by atoms with Crippen LogP contribution in [0.2, 0.25) is 10.0 Å². The minimum atomic E-state index is -3.81. The lowest BCUT2D eigenvalue weighted by Crippen LogP contribution is -2.56. The average molecular weight is 478 g/mol. The first kappa shape index (κ1) is 21.2. The molecule has 2 unspecified atom stereocenters. The molecule has 1 aromatic carbocycles. The minimum absolute atomic E-state index is 0.0210. The van der Waals surface area contributed by atoms with E-state index < -0.39 is 16.1 Å². The summed E-state index contributed by atoms with van der Waals surface area (Å²) in [7, 11) is -3.81. The lowest BCUT2D eigenvalue weighted by Gasteiger charge is -2.37. The van der Waals surface area contributed by atoms with Gasteiger partial charge in [-0.1, -0.05) is 23.2 Å². The Kier molecular flexibility index (Phi) is 5.57. The highest BCUT2D eigenvalue weighted by molar-refractivity contribution is 8.01. The van der Waals surface area contributed by atoms with Gasteiger partial charge in [-0.15, -0.1) is 11.8 Å². The fourth-order valence-electron chi connectivity index (χ4n) is 4.18. The average Bonchev–Trinajstić information content (AvgIpc) is 3.19. The van der Waals surface area contributed by atoms with Gasteiger partial charge in [0, 0.05) is 43.4 Å². The number of benzene rings is 1. The van der Waals surface area contributed by atoms with E-state index in [9.17, 15) is 18.0 Å². The Labute approximate surface area is 184 Å². The molecule has 0 saturated carbocycles. The molecule has 3 heterocycles. The summed E-state index contributed by atoms with van der Waals surface area (Å²) in [6.07, 6.45) is 1.23. The van der Waals surface area contributed by atoms with Crippen molar-refractivity contribution in [1.82, 2.24) is 14.1 Å². The van der Waals surface area contributed by atoms with Crippen molar-refractivity contribution in [1.29, 1.82) is 0 Å². The van der Waals surface area contributed by atoms with Crippen LogP contribution in [0, 0.1) is 0 Å². The second-order valence-electron chi connectivity index (χ2n) is 7.57. The molecule has 0 bridgehead atoms. The number of piperazine rings is 1. The van der Waals surface area contributed by atoms with Crippen LogP contribution in [0.4, 0.5) is 0 Å². The Morgan fingerprint density at radius 3 is 2.59 bits per heavy atom. The highest BCUT2D eigenvalue weighted by atomic mass is 35.5. The first-order valence-corrected chi connectivity index (χ1v) is 12.5. The smallest absolute Gasteiger partial charge is 0.246 e. The van der Waals surface area contributed by atoms with Gasteiger partial charge in [0.05, 0.1) is 9.89 Å². The predicted octanol–water partition coefficient (Wildman–Crippen LogP) is 2.28. The molecule has 0 radical (unpaired) electrons. The molecule has 0 N–H and O–H groups in total. The van der Waals surface area contributed by atoms with Crippen molar-refractivity contribution in [3.63, 3.8) is 0 Å². The number of rotatable bonds is 3. The quantitative estimate of drug-likeness (QED) is 0.666. The first-order valence-electron chi connectivity index (χ1n) is 9.34. The summed E-state index contributed by atoms with van der Waals surface area (Å²) in [6, 6.07) is 3.86. The second kappa shape index (κ2) is 7.60. The maximum absolute atomic E-state index is 13.1. The van der Waals surface area contributed by atoms with Crippen LogP contribution in [0.5, 0.6) is 0 Å². The van der Waals surface area contributed by atoms with Crippen LogP contribution in [0.25, 0.3) is 0 Å². The third kappa shape index (κ3) is 3.65. The molecule has 11 heteroatoms. The largest absolute Gasteiger partial charge is 0.338 e. The molecular formula is C18H21Cl2N3O4S2. The predicted molar refractivity (Wildman–Crippen MR) is 113 cm³/mol. The molecule has 3 aliphatic rings. The van der Waals surface area contributed by atoms with E-state index in [2.05, 4.69) is 0 Å². The number of hydrogen-bond acceptors (Lipinski definition) is 5. The number of carbonyl (C=O) groups is 2. The maximum atomic E-state index is 13.1. The molecule has 2 atom stereocenters. The van der Waals surface area contributed by atoms with Crippen LogP contribution in [-0.2, 0) is 19.6 Å². The molecule has 2 amide bonds. The van der Waals surface area contributed by atoms with Crippen molar-refractivity contribution in [2.24, 2.45) is 0 Å². The van der Waals surface area contributed by atoms with Crippen LogP contribution >= 0.6 is 35.0 Å². The summed E-state index contributed by atoms with van der Waals surface area (Å²) in [5, 5.41) is 0.404. The highest BCUT2D eigenvalue weighted by Crippen LogP contribution is 2.47. The number of hydrogen-bond donors (Lipinski definition) is 0. The van der Waals surface area contributed by atoms with Gasteiger partial charge >= 0.3 is 0 Å². The van der Waals surface area contributed by atoms with Crippen LogP contribution in [0.3, 0.4) is 0 Å². The maximum Gasteiger partial charge on any atom is 0.246 e. The number of halogens is 2. The lowest BCUT2D eigenvalue weighted by atomic mass is 10.2. The summed E-state index contributed by atoms with van der Waals surface area (Å²) in [5.74, 6) is 0.500. The van der Waals surface area contributed by atoms with E-state index in [-0.39, 0.29) is 52.8 Å². The molecule has 0 aromatic heterocycles. The number of carbonyl (C=O) groups excluding carboxylic acids is 2. The van der Waals surface area contributed by atoms with Crippen molar-refractivity contribution >= 4 is 56.8 Å². The van der Waals surface area contributed by atoms with E-state index in [0.717, 1.165) is 6.42 Å². The monoisotopic (exact) mass is 477 g/mol. The summed E-state index contributed by atoms with van der Waals surface area (Å²) >= 11 is 13.7. The summed E-state index contributed by atoms with van der Waals surface area (Å²) in [4.78, 5) is 28.4. The Balaban J connectivity index is 1.45. The Morgan fingerprint density at radius 1 is 1.21 bits per heavy atom. The zero-order chi connectivity index (χ0) is 21.0. The molecule has 3 aliphatic heterocycles. The van der Waals surface area contributed by atoms with Gasteiger partial charge in [-0.2, -0.15) is 4.31 Å². The van der Waals surface area contributed by atoms with Crippen molar-refractivity contribution in [3.05, 3.63) is 28.2 Å². The molecule has 1 aromatic rings. The summed E-state index contributed by atoms with van der Waals surface area (Å²) in [6.45, 7) is 2.89. The van der Waals surface area contributed by atoms with E-state index in [0.29, 0.717) is 17.2 Å². The molecular weight excluding hydrogens is 457 g/mol. The van der Waals surface area contributed by atoms with E-state index in [1.807, 2.05) is 6.92 Å². The molecule has 158 valence electrons. The molecule has 0 aliphatic carbocycles. The molecule has 7 nitrogen and oxygen atoms in total. The van der Waals surface area contributed by atoms with Gasteiger partial charge < -0.3 is 9.80 Å². The minimum Gasteiger partial charge on any atom is -0.338 e. The summed E-state index contributed by atoms with van der Waals surface area (Å²) in [5.41, 5.74) is 0. The third-order valence-electron chi connectivity index (χ3n) is 5.79. The number of amides is 2. The highest BCUT2D eigenvalue weighted by Gasteiger charge is 2.53. The third-order valence-corrected chi connectivity index (χ3v) is 9.91.